The van der Waals surface area contributed by atoms with Crippen LogP contribution in [0.25, 0.3) is 5.52 Å². The Morgan fingerprint density at radius 1 is 1.35 bits per heavy atom. The topological polar surface area (TPSA) is 56.2 Å². The van der Waals surface area contributed by atoms with E-state index in [-0.39, 0.29) is 11.1 Å². The SMILES string of the molecule is NC(Cc1ccc(F)c(Cl)c1)c1cnn2ccncc12. The first-order valence-electron chi connectivity index (χ1n) is 6.12. The lowest BCUT2D eigenvalue weighted by Gasteiger charge is -2.11. The molecule has 102 valence electrons. The monoisotopic (exact) mass is 290 g/mol. The molecule has 3 aromatic rings. The van der Waals surface area contributed by atoms with Crippen molar-refractivity contribution in [2.75, 3.05) is 0 Å². The standard InChI is InChI=1S/C14H12ClFN4/c15-11-5-9(1-2-12(11)16)6-13(17)10-7-19-20-4-3-18-8-14(10)20/h1-5,7-8,13H,6,17H2. The van der Waals surface area contributed by atoms with Crippen LogP contribution in [0.4, 0.5) is 4.39 Å². The van der Waals surface area contributed by atoms with Crippen molar-refractivity contribution in [1.82, 2.24) is 14.6 Å². The molecule has 1 atom stereocenters. The van der Waals surface area contributed by atoms with Crippen LogP contribution in [-0.2, 0) is 6.42 Å². The first kappa shape index (κ1) is 13.0. The molecule has 0 radical (unpaired) electrons. The van der Waals surface area contributed by atoms with Crippen LogP contribution < -0.4 is 5.73 Å². The summed E-state index contributed by atoms with van der Waals surface area (Å²) in [5.41, 5.74) is 8.86. The van der Waals surface area contributed by atoms with E-state index < -0.39 is 5.82 Å². The zero-order chi connectivity index (χ0) is 14.1. The average Bonchev–Trinajstić information content (AvgIpc) is 2.87. The third kappa shape index (κ3) is 2.37. The number of rotatable bonds is 3. The molecular weight excluding hydrogens is 279 g/mol. The van der Waals surface area contributed by atoms with Crippen LogP contribution in [0.3, 0.4) is 0 Å². The van der Waals surface area contributed by atoms with Crippen LogP contribution >= 0.6 is 11.6 Å². The van der Waals surface area contributed by atoms with Crippen LogP contribution in [0.2, 0.25) is 5.02 Å². The molecular formula is C14H12ClFN4. The van der Waals surface area contributed by atoms with Crippen molar-refractivity contribution >= 4 is 17.1 Å². The molecule has 0 aliphatic heterocycles. The summed E-state index contributed by atoms with van der Waals surface area (Å²) in [5, 5.41) is 4.33. The predicted octanol–water partition coefficient (Wildman–Crippen LogP) is 2.76. The molecule has 2 N–H and O–H groups in total. The lowest BCUT2D eigenvalue weighted by molar-refractivity contribution is 0.626. The van der Waals surface area contributed by atoms with E-state index in [1.807, 2.05) is 0 Å². The molecule has 20 heavy (non-hydrogen) atoms. The summed E-state index contributed by atoms with van der Waals surface area (Å²) in [5.74, 6) is -0.427. The number of nitrogens with two attached hydrogens (primary N) is 1. The van der Waals surface area contributed by atoms with Crippen molar-refractivity contribution in [1.29, 1.82) is 0 Å². The van der Waals surface area contributed by atoms with Gasteiger partial charge in [-0.2, -0.15) is 5.10 Å². The fraction of sp³-hybridized carbons (Fsp3) is 0.143. The molecule has 0 fully saturated rings. The normalized spacial score (nSPS) is 12.8. The van der Waals surface area contributed by atoms with Gasteiger partial charge < -0.3 is 5.73 Å². The van der Waals surface area contributed by atoms with E-state index in [4.69, 9.17) is 17.3 Å². The van der Waals surface area contributed by atoms with Gasteiger partial charge in [-0.05, 0) is 24.1 Å². The summed E-state index contributed by atoms with van der Waals surface area (Å²) in [6.45, 7) is 0. The predicted molar refractivity (Wildman–Crippen MR) is 75.0 cm³/mol. The highest BCUT2D eigenvalue weighted by Gasteiger charge is 2.13. The van der Waals surface area contributed by atoms with Gasteiger partial charge in [-0.3, -0.25) is 4.98 Å². The van der Waals surface area contributed by atoms with Crippen LogP contribution in [0.15, 0.2) is 43.0 Å². The highest BCUT2D eigenvalue weighted by Crippen LogP contribution is 2.23. The van der Waals surface area contributed by atoms with Crippen molar-refractivity contribution in [3.63, 3.8) is 0 Å². The lowest BCUT2D eigenvalue weighted by Crippen LogP contribution is -2.13. The fourth-order valence-corrected chi connectivity index (χ4v) is 2.37. The number of halogens is 2. The highest BCUT2D eigenvalue weighted by atomic mass is 35.5. The fourth-order valence-electron chi connectivity index (χ4n) is 2.17. The Kier molecular flexibility index (Phi) is 3.38. The van der Waals surface area contributed by atoms with E-state index in [0.717, 1.165) is 16.6 Å². The van der Waals surface area contributed by atoms with Crippen LogP contribution in [0.1, 0.15) is 17.2 Å². The average molecular weight is 291 g/mol. The highest BCUT2D eigenvalue weighted by molar-refractivity contribution is 6.30. The third-order valence-electron chi connectivity index (χ3n) is 3.19. The number of hydrogen-bond donors (Lipinski definition) is 1. The molecule has 2 heterocycles. The van der Waals surface area contributed by atoms with Gasteiger partial charge in [-0.15, -0.1) is 0 Å². The first-order valence-corrected chi connectivity index (χ1v) is 6.49. The van der Waals surface area contributed by atoms with Crippen LogP contribution in [0, 0.1) is 5.82 Å². The zero-order valence-electron chi connectivity index (χ0n) is 10.5. The maximum absolute atomic E-state index is 13.1. The second kappa shape index (κ2) is 5.19. The van der Waals surface area contributed by atoms with Gasteiger partial charge in [0.15, 0.2) is 0 Å². The molecule has 4 nitrogen and oxygen atoms in total. The third-order valence-corrected chi connectivity index (χ3v) is 3.48. The summed E-state index contributed by atoms with van der Waals surface area (Å²) in [6.07, 6.45) is 7.43. The van der Waals surface area contributed by atoms with E-state index in [9.17, 15) is 4.39 Å². The largest absolute Gasteiger partial charge is 0.324 e. The van der Waals surface area contributed by atoms with Gasteiger partial charge in [0, 0.05) is 24.0 Å². The molecule has 0 amide bonds. The number of fused-ring (bicyclic) bond motifs is 1. The molecule has 3 rings (SSSR count). The summed E-state index contributed by atoms with van der Waals surface area (Å²) in [4.78, 5) is 4.07. The van der Waals surface area contributed by atoms with Gasteiger partial charge in [-0.25, -0.2) is 8.91 Å². The van der Waals surface area contributed by atoms with Crippen molar-refractivity contribution in [3.05, 3.63) is 65.0 Å². The van der Waals surface area contributed by atoms with E-state index in [0.29, 0.717) is 6.42 Å². The van der Waals surface area contributed by atoms with Gasteiger partial charge in [0.05, 0.1) is 22.9 Å². The molecule has 0 aliphatic carbocycles. The zero-order valence-corrected chi connectivity index (χ0v) is 11.3. The summed E-state index contributed by atoms with van der Waals surface area (Å²) in [7, 11) is 0. The van der Waals surface area contributed by atoms with Gasteiger partial charge >= 0.3 is 0 Å². The Morgan fingerprint density at radius 2 is 2.20 bits per heavy atom. The smallest absolute Gasteiger partial charge is 0.141 e. The maximum Gasteiger partial charge on any atom is 0.141 e. The summed E-state index contributed by atoms with van der Waals surface area (Å²) >= 11 is 5.77. The van der Waals surface area contributed by atoms with Crippen LogP contribution in [-0.4, -0.2) is 14.6 Å². The van der Waals surface area contributed by atoms with E-state index >= 15 is 0 Å². The minimum atomic E-state index is -0.427. The minimum absolute atomic E-state index is 0.108. The van der Waals surface area contributed by atoms with E-state index in [1.165, 1.54) is 6.07 Å². The summed E-state index contributed by atoms with van der Waals surface area (Å²) in [6, 6.07) is 4.38. The van der Waals surface area contributed by atoms with Crippen molar-refractivity contribution in [2.24, 2.45) is 5.73 Å². The maximum atomic E-state index is 13.1. The molecule has 0 bridgehead atoms. The molecule has 1 aromatic carbocycles. The summed E-state index contributed by atoms with van der Waals surface area (Å²) < 4.78 is 14.9. The number of nitrogens with zero attached hydrogens (tertiary/aromatic N) is 3. The minimum Gasteiger partial charge on any atom is -0.324 e. The van der Waals surface area contributed by atoms with Gasteiger partial charge in [-0.1, -0.05) is 17.7 Å². The molecule has 0 aliphatic rings. The number of benzene rings is 1. The Hall–Kier alpha value is -1.98. The van der Waals surface area contributed by atoms with Crippen molar-refractivity contribution in [3.8, 4) is 0 Å². The van der Waals surface area contributed by atoms with Gasteiger partial charge in [0.2, 0.25) is 0 Å². The van der Waals surface area contributed by atoms with Gasteiger partial charge in [0.1, 0.15) is 5.82 Å². The van der Waals surface area contributed by atoms with E-state index in [1.54, 1.807) is 41.4 Å². The number of aromatic nitrogens is 3. The van der Waals surface area contributed by atoms with Crippen LogP contribution in [0.5, 0.6) is 0 Å². The number of hydrogen-bond acceptors (Lipinski definition) is 3. The van der Waals surface area contributed by atoms with Crippen molar-refractivity contribution < 1.29 is 4.39 Å². The quantitative estimate of drug-likeness (QED) is 0.807. The second-order valence-electron chi connectivity index (χ2n) is 4.57. The Bertz CT molecular complexity index is 756. The van der Waals surface area contributed by atoms with E-state index in [2.05, 4.69) is 10.1 Å². The lowest BCUT2D eigenvalue weighted by atomic mass is 10.0. The Labute approximate surface area is 120 Å². The van der Waals surface area contributed by atoms with Crippen molar-refractivity contribution in [2.45, 2.75) is 12.5 Å². The Balaban J connectivity index is 1.89. The molecule has 0 spiro atoms. The molecule has 6 heteroatoms. The molecule has 2 aromatic heterocycles. The van der Waals surface area contributed by atoms with Gasteiger partial charge in [0.25, 0.3) is 0 Å². The molecule has 0 saturated carbocycles. The first-order chi connectivity index (χ1) is 9.65. The second-order valence-corrected chi connectivity index (χ2v) is 4.97. The Morgan fingerprint density at radius 3 is 3.00 bits per heavy atom. The molecule has 0 saturated heterocycles. The molecule has 1 unspecified atom stereocenters.